The third-order valence-electron chi connectivity index (χ3n) is 2.64. The minimum atomic E-state index is -1.10. The van der Waals surface area contributed by atoms with Crippen molar-refractivity contribution in [3.8, 4) is 6.07 Å². The Bertz CT molecular complexity index is 561. The van der Waals surface area contributed by atoms with E-state index in [1.807, 2.05) is 19.9 Å². The van der Waals surface area contributed by atoms with Crippen LogP contribution in [0.25, 0.3) is 0 Å². The van der Waals surface area contributed by atoms with Gasteiger partial charge in [0.15, 0.2) is 0 Å². The van der Waals surface area contributed by atoms with E-state index in [0.29, 0.717) is 12.2 Å². The third-order valence-corrected chi connectivity index (χ3v) is 2.64. The predicted molar refractivity (Wildman–Crippen MR) is 74.4 cm³/mol. The van der Waals surface area contributed by atoms with E-state index in [2.05, 4.69) is 0 Å². The van der Waals surface area contributed by atoms with Crippen LogP contribution in [0.1, 0.15) is 29.8 Å². The van der Waals surface area contributed by atoms with Crippen LogP contribution >= 0.6 is 0 Å². The van der Waals surface area contributed by atoms with Crippen LogP contribution in [-0.4, -0.2) is 30.1 Å². The fourth-order valence-corrected chi connectivity index (χ4v) is 1.91. The van der Waals surface area contributed by atoms with Gasteiger partial charge in [0.2, 0.25) is 5.91 Å². The van der Waals surface area contributed by atoms with E-state index in [1.54, 1.807) is 4.90 Å². The number of rotatable bonds is 6. The van der Waals surface area contributed by atoms with Gasteiger partial charge in [0.1, 0.15) is 6.07 Å². The number of primary amides is 1. The molecule has 0 unspecified atom stereocenters. The number of hydrogen-bond acceptors (Lipinski definition) is 4. The number of anilines is 1. The number of nitriles is 1. The van der Waals surface area contributed by atoms with Gasteiger partial charge in [-0.25, -0.2) is 4.79 Å². The summed E-state index contributed by atoms with van der Waals surface area (Å²) in [7, 11) is 0. The average molecular weight is 275 g/mol. The van der Waals surface area contributed by atoms with Gasteiger partial charge >= 0.3 is 5.97 Å². The number of nitrogens with zero attached hydrogens (tertiary/aromatic N) is 2. The second-order valence-corrected chi connectivity index (χ2v) is 4.89. The maximum absolute atomic E-state index is 11.1. The van der Waals surface area contributed by atoms with Gasteiger partial charge in [-0.15, -0.1) is 0 Å². The fraction of sp³-hybridized carbons (Fsp3) is 0.357. The van der Waals surface area contributed by atoms with E-state index < -0.39 is 11.9 Å². The minimum Gasteiger partial charge on any atom is -0.478 e. The quantitative estimate of drug-likeness (QED) is 0.811. The Kier molecular flexibility index (Phi) is 5.09. The molecule has 0 spiro atoms. The van der Waals surface area contributed by atoms with Gasteiger partial charge in [-0.05, 0) is 24.1 Å². The van der Waals surface area contributed by atoms with Crippen LogP contribution in [0, 0.1) is 17.2 Å². The summed E-state index contributed by atoms with van der Waals surface area (Å²) in [5, 5.41) is 18.1. The zero-order valence-corrected chi connectivity index (χ0v) is 11.5. The first-order valence-electron chi connectivity index (χ1n) is 6.15. The van der Waals surface area contributed by atoms with Gasteiger partial charge in [-0.1, -0.05) is 13.8 Å². The monoisotopic (exact) mass is 275 g/mol. The number of carbonyl (C=O) groups excluding carboxylic acids is 1. The van der Waals surface area contributed by atoms with Gasteiger partial charge in [-0.2, -0.15) is 5.26 Å². The number of carboxylic acids is 1. The smallest absolute Gasteiger partial charge is 0.335 e. The maximum atomic E-state index is 11.1. The molecular formula is C14H17N3O3. The lowest BCUT2D eigenvalue weighted by Crippen LogP contribution is -2.36. The summed E-state index contributed by atoms with van der Waals surface area (Å²) in [5.41, 5.74) is 5.99. The van der Waals surface area contributed by atoms with Crippen LogP contribution in [0.4, 0.5) is 5.69 Å². The summed E-state index contributed by atoms with van der Waals surface area (Å²) in [5.74, 6) is -1.34. The number of hydrogen-bond donors (Lipinski definition) is 2. The van der Waals surface area contributed by atoms with Crippen LogP contribution in [0.2, 0.25) is 0 Å². The lowest BCUT2D eigenvalue weighted by Gasteiger charge is -2.26. The summed E-state index contributed by atoms with van der Waals surface area (Å²) in [6.07, 6.45) is 0. The van der Waals surface area contributed by atoms with Crippen molar-refractivity contribution < 1.29 is 14.7 Å². The standard InChI is InChI=1S/C14H17N3O3/c1-9(2)7-17(8-13(16)18)12-4-3-10(14(19)20)5-11(12)6-15/h3-5,9H,7-8H2,1-2H3,(H2,16,18)(H,19,20). The van der Waals surface area contributed by atoms with Crippen LogP contribution in [0.3, 0.4) is 0 Å². The molecule has 0 saturated heterocycles. The molecule has 0 aliphatic heterocycles. The summed E-state index contributed by atoms with van der Waals surface area (Å²) >= 11 is 0. The number of benzene rings is 1. The molecule has 6 nitrogen and oxygen atoms in total. The van der Waals surface area contributed by atoms with E-state index >= 15 is 0 Å². The van der Waals surface area contributed by atoms with Crippen LogP contribution in [0.5, 0.6) is 0 Å². The first-order chi connectivity index (χ1) is 9.35. The lowest BCUT2D eigenvalue weighted by atomic mass is 10.1. The molecule has 0 atom stereocenters. The van der Waals surface area contributed by atoms with Crippen molar-refractivity contribution in [3.63, 3.8) is 0 Å². The van der Waals surface area contributed by atoms with Crippen LogP contribution in [0.15, 0.2) is 18.2 Å². The van der Waals surface area contributed by atoms with E-state index in [0.717, 1.165) is 0 Å². The molecule has 0 bridgehead atoms. The second-order valence-electron chi connectivity index (χ2n) is 4.89. The molecule has 0 saturated carbocycles. The van der Waals surface area contributed by atoms with Crippen LogP contribution in [-0.2, 0) is 4.79 Å². The second kappa shape index (κ2) is 6.57. The molecule has 0 heterocycles. The Hall–Kier alpha value is -2.55. The average Bonchev–Trinajstić information content (AvgIpc) is 2.35. The molecule has 6 heteroatoms. The molecule has 3 N–H and O–H groups in total. The van der Waals surface area contributed by atoms with E-state index in [1.165, 1.54) is 18.2 Å². The molecule has 1 aromatic carbocycles. The highest BCUT2D eigenvalue weighted by Gasteiger charge is 2.16. The van der Waals surface area contributed by atoms with Gasteiger partial charge in [0.25, 0.3) is 0 Å². The topological polar surface area (TPSA) is 107 Å². The van der Waals surface area contributed by atoms with Gasteiger partial charge in [0, 0.05) is 6.54 Å². The molecule has 1 aromatic rings. The van der Waals surface area contributed by atoms with Crippen LogP contribution < -0.4 is 10.6 Å². The van der Waals surface area contributed by atoms with Crippen molar-refractivity contribution in [1.29, 1.82) is 5.26 Å². The molecule has 106 valence electrons. The number of aromatic carboxylic acids is 1. The Balaban J connectivity index is 3.22. The SMILES string of the molecule is CC(C)CN(CC(N)=O)c1ccc(C(=O)O)cc1C#N. The number of nitrogens with two attached hydrogens (primary N) is 1. The number of amides is 1. The van der Waals surface area contributed by atoms with Gasteiger partial charge in [-0.3, -0.25) is 4.79 Å². The Morgan fingerprint density at radius 3 is 2.55 bits per heavy atom. The molecule has 0 aromatic heterocycles. The number of carboxylic acid groups (broad SMARTS) is 1. The Labute approximate surface area is 117 Å². The summed E-state index contributed by atoms with van der Waals surface area (Å²) in [6, 6.07) is 6.20. The van der Waals surface area contributed by atoms with Crippen molar-refractivity contribution in [2.45, 2.75) is 13.8 Å². The first kappa shape index (κ1) is 15.5. The molecule has 0 radical (unpaired) electrons. The zero-order chi connectivity index (χ0) is 15.3. The first-order valence-corrected chi connectivity index (χ1v) is 6.15. The van der Waals surface area contributed by atoms with Crippen molar-refractivity contribution in [2.75, 3.05) is 18.0 Å². The normalized spacial score (nSPS) is 10.1. The highest BCUT2D eigenvalue weighted by Crippen LogP contribution is 2.22. The predicted octanol–water partition coefficient (Wildman–Crippen LogP) is 1.20. The Morgan fingerprint density at radius 1 is 1.45 bits per heavy atom. The maximum Gasteiger partial charge on any atom is 0.335 e. The van der Waals surface area contributed by atoms with E-state index in [9.17, 15) is 9.59 Å². The Morgan fingerprint density at radius 2 is 2.10 bits per heavy atom. The highest BCUT2D eigenvalue weighted by atomic mass is 16.4. The zero-order valence-electron chi connectivity index (χ0n) is 11.5. The van der Waals surface area contributed by atoms with E-state index in [4.69, 9.17) is 16.1 Å². The largest absolute Gasteiger partial charge is 0.478 e. The van der Waals surface area contributed by atoms with Crippen molar-refractivity contribution in [1.82, 2.24) is 0 Å². The molecule has 0 aliphatic carbocycles. The fourth-order valence-electron chi connectivity index (χ4n) is 1.91. The third kappa shape index (κ3) is 3.99. The summed E-state index contributed by atoms with van der Waals surface area (Å²) < 4.78 is 0. The van der Waals surface area contributed by atoms with Gasteiger partial charge < -0.3 is 15.7 Å². The molecule has 0 fully saturated rings. The molecule has 1 amide bonds. The minimum absolute atomic E-state index is 0.0146. The van der Waals surface area contributed by atoms with Crippen molar-refractivity contribution in [3.05, 3.63) is 29.3 Å². The lowest BCUT2D eigenvalue weighted by molar-refractivity contribution is -0.116. The summed E-state index contributed by atoms with van der Waals surface area (Å²) in [4.78, 5) is 23.7. The van der Waals surface area contributed by atoms with E-state index in [-0.39, 0.29) is 23.6 Å². The molecular weight excluding hydrogens is 258 g/mol. The van der Waals surface area contributed by atoms with Crippen molar-refractivity contribution in [2.24, 2.45) is 11.7 Å². The molecule has 20 heavy (non-hydrogen) atoms. The highest BCUT2D eigenvalue weighted by molar-refractivity contribution is 5.89. The number of carbonyl (C=O) groups is 2. The molecule has 1 rings (SSSR count). The van der Waals surface area contributed by atoms with Gasteiger partial charge in [0.05, 0.1) is 23.4 Å². The molecule has 0 aliphatic rings. The summed E-state index contributed by atoms with van der Waals surface area (Å²) in [6.45, 7) is 4.49. The van der Waals surface area contributed by atoms with Crippen molar-refractivity contribution >= 4 is 17.6 Å².